The van der Waals surface area contributed by atoms with Crippen molar-refractivity contribution in [2.75, 3.05) is 16.8 Å². The number of amides is 1. The number of hydrogen-bond donors (Lipinski definition) is 1. The largest absolute Gasteiger partial charge is 0.374 e. The maximum atomic E-state index is 12.9. The van der Waals surface area contributed by atoms with Gasteiger partial charge in [0.1, 0.15) is 11.9 Å². The van der Waals surface area contributed by atoms with Crippen LogP contribution in [0, 0.1) is 5.82 Å². The molecule has 1 aliphatic rings. The Hall–Kier alpha value is -2.36. The van der Waals surface area contributed by atoms with Crippen LogP contribution in [0.3, 0.4) is 0 Å². The molecule has 1 atom stereocenters. The molecule has 0 aliphatic carbocycles. The van der Waals surface area contributed by atoms with Crippen LogP contribution in [0.4, 0.5) is 15.8 Å². The van der Waals surface area contributed by atoms with Gasteiger partial charge in [-0.3, -0.25) is 4.79 Å². The van der Waals surface area contributed by atoms with Crippen LogP contribution in [0.5, 0.6) is 0 Å². The molecular formula is C17H17FN2O. The van der Waals surface area contributed by atoms with E-state index in [0.717, 1.165) is 17.8 Å². The summed E-state index contributed by atoms with van der Waals surface area (Å²) in [5, 5.41) is 3.12. The zero-order valence-electron chi connectivity index (χ0n) is 11.8. The normalized spacial score (nSPS) is 14.7. The van der Waals surface area contributed by atoms with Gasteiger partial charge in [0.2, 0.25) is 5.91 Å². The molecule has 1 aliphatic heterocycles. The van der Waals surface area contributed by atoms with E-state index in [9.17, 15) is 9.18 Å². The summed E-state index contributed by atoms with van der Waals surface area (Å²) < 4.78 is 12.9. The molecule has 3 rings (SSSR count). The Kier molecular flexibility index (Phi) is 3.60. The van der Waals surface area contributed by atoms with Gasteiger partial charge in [-0.2, -0.15) is 0 Å². The highest BCUT2D eigenvalue weighted by Crippen LogP contribution is 2.28. The summed E-state index contributed by atoms with van der Waals surface area (Å²) in [6, 6.07) is 13.6. The first-order valence-electron chi connectivity index (χ1n) is 7.06. The van der Waals surface area contributed by atoms with E-state index in [4.69, 9.17) is 0 Å². The SMILES string of the molecule is C[C@H](Nc1ccc(F)cc1)C(=O)N1CCc2ccccc21. The zero-order chi connectivity index (χ0) is 14.8. The predicted molar refractivity (Wildman–Crippen MR) is 82.0 cm³/mol. The highest BCUT2D eigenvalue weighted by atomic mass is 19.1. The van der Waals surface area contributed by atoms with Gasteiger partial charge in [0.15, 0.2) is 0 Å². The Morgan fingerprint density at radius 2 is 1.90 bits per heavy atom. The Labute approximate surface area is 123 Å². The standard InChI is InChI=1S/C17H17FN2O/c1-12(19-15-8-6-14(18)7-9-15)17(21)20-11-10-13-4-2-3-5-16(13)20/h2-9,12,19H,10-11H2,1H3/t12-/m0/s1. The first-order chi connectivity index (χ1) is 10.1. The molecule has 0 unspecified atom stereocenters. The van der Waals surface area contributed by atoms with E-state index in [1.807, 2.05) is 30.0 Å². The van der Waals surface area contributed by atoms with E-state index >= 15 is 0 Å². The van der Waals surface area contributed by atoms with Crippen molar-refractivity contribution in [3.63, 3.8) is 0 Å². The molecule has 108 valence electrons. The smallest absolute Gasteiger partial charge is 0.249 e. The van der Waals surface area contributed by atoms with Gasteiger partial charge in [-0.05, 0) is 49.2 Å². The number of hydrogen-bond acceptors (Lipinski definition) is 2. The second-order valence-electron chi connectivity index (χ2n) is 5.24. The molecule has 0 radical (unpaired) electrons. The minimum Gasteiger partial charge on any atom is -0.374 e. The molecule has 0 aromatic heterocycles. The molecule has 2 aromatic carbocycles. The number of benzene rings is 2. The number of halogens is 1. The molecule has 0 saturated heterocycles. The van der Waals surface area contributed by atoms with Crippen molar-refractivity contribution in [2.24, 2.45) is 0 Å². The molecule has 4 heteroatoms. The number of nitrogens with one attached hydrogen (secondary N) is 1. The van der Waals surface area contributed by atoms with Crippen LogP contribution >= 0.6 is 0 Å². The Bertz CT molecular complexity index is 654. The van der Waals surface area contributed by atoms with E-state index in [1.165, 1.54) is 17.7 Å². The molecule has 1 amide bonds. The third kappa shape index (κ3) is 2.75. The fourth-order valence-corrected chi connectivity index (χ4v) is 2.66. The van der Waals surface area contributed by atoms with E-state index in [2.05, 4.69) is 11.4 Å². The first-order valence-corrected chi connectivity index (χ1v) is 7.06. The summed E-state index contributed by atoms with van der Waals surface area (Å²) in [7, 11) is 0. The molecular weight excluding hydrogens is 267 g/mol. The average molecular weight is 284 g/mol. The summed E-state index contributed by atoms with van der Waals surface area (Å²) in [6.07, 6.45) is 0.894. The van der Waals surface area contributed by atoms with E-state index < -0.39 is 0 Å². The first kappa shape index (κ1) is 13.6. The van der Waals surface area contributed by atoms with Crippen LogP contribution < -0.4 is 10.2 Å². The van der Waals surface area contributed by atoms with E-state index in [0.29, 0.717) is 6.54 Å². The van der Waals surface area contributed by atoms with E-state index in [-0.39, 0.29) is 17.8 Å². The number of nitrogens with zero attached hydrogens (tertiary/aromatic N) is 1. The third-order valence-electron chi connectivity index (χ3n) is 3.75. The van der Waals surface area contributed by atoms with Crippen molar-refractivity contribution in [3.05, 3.63) is 59.9 Å². The van der Waals surface area contributed by atoms with Crippen LogP contribution in [-0.4, -0.2) is 18.5 Å². The summed E-state index contributed by atoms with van der Waals surface area (Å²) in [5.74, 6) is -0.253. The van der Waals surface area contributed by atoms with Gasteiger partial charge in [0.25, 0.3) is 0 Å². The van der Waals surface area contributed by atoms with Crippen LogP contribution in [0.2, 0.25) is 0 Å². The number of anilines is 2. The van der Waals surface area contributed by atoms with Crippen LogP contribution in [0.15, 0.2) is 48.5 Å². The van der Waals surface area contributed by atoms with E-state index in [1.54, 1.807) is 12.1 Å². The van der Waals surface area contributed by atoms with Crippen molar-refractivity contribution in [3.8, 4) is 0 Å². The van der Waals surface area contributed by atoms with Gasteiger partial charge < -0.3 is 10.2 Å². The number of para-hydroxylation sites is 1. The number of carbonyl (C=O) groups excluding carboxylic acids is 1. The number of rotatable bonds is 3. The molecule has 0 bridgehead atoms. The quantitative estimate of drug-likeness (QED) is 0.938. The molecule has 0 fully saturated rings. The molecule has 0 saturated carbocycles. The highest BCUT2D eigenvalue weighted by Gasteiger charge is 2.27. The zero-order valence-corrected chi connectivity index (χ0v) is 11.8. The van der Waals surface area contributed by atoms with Crippen LogP contribution in [-0.2, 0) is 11.2 Å². The van der Waals surface area contributed by atoms with Crippen LogP contribution in [0.1, 0.15) is 12.5 Å². The van der Waals surface area contributed by atoms with Gasteiger partial charge in [0, 0.05) is 17.9 Å². The maximum absolute atomic E-state index is 12.9. The number of carbonyl (C=O) groups is 1. The lowest BCUT2D eigenvalue weighted by molar-refractivity contribution is -0.118. The molecule has 3 nitrogen and oxygen atoms in total. The lowest BCUT2D eigenvalue weighted by Crippen LogP contribution is -2.40. The Morgan fingerprint density at radius 3 is 2.67 bits per heavy atom. The molecule has 1 N–H and O–H groups in total. The molecule has 0 spiro atoms. The maximum Gasteiger partial charge on any atom is 0.249 e. The third-order valence-corrected chi connectivity index (χ3v) is 3.75. The van der Waals surface area contributed by atoms with Crippen molar-refractivity contribution in [1.29, 1.82) is 0 Å². The highest BCUT2D eigenvalue weighted by molar-refractivity contribution is 6.00. The molecule has 2 aromatic rings. The monoisotopic (exact) mass is 284 g/mol. The predicted octanol–water partition coefficient (Wildman–Crippen LogP) is 3.22. The van der Waals surface area contributed by atoms with Crippen molar-refractivity contribution in [2.45, 2.75) is 19.4 Å². The Balaban J connectivity index is 1.72. The Morgan fingerprint density at radius 1 is 1.19 bits per heavy atom. The molecule has 1 heterocycles. The topological polar surface area (TPSA) is 32.3 Å². The fourth-order valence-electron chi connectivity index (χ4n) is 2.66. The minimum absolute atomic E-state index is 0.0317. The summed E-state index contributed by atoms with van der Waals surface area (Å²) in [5.41, 5.74) is 2.94. The lowest BCUT2D eigenvalue weighted by atomic mass is 10.2. The number of fused-ring (bicyclic) bond motifs is 1. The summed E-state index contributed by atoms with van der Waals surface area (Å²) >= 11 is 0. The van der Waals surface area contributed by atoms with Crippen molar-refractivity contribution in [1.82, 2.24) is 0 Å². The van der Waals surface area contributed by atoms with Crippen LogP contribution in [0.25, 0.3) is 0 Å². The van der Waals surface area contributed by atoms with Crippen molar-refractivity contribution < 1.29 is 9.18 Å². The molecule has 21 heavy (non-hydrogen) atoms. The second-order valence-corrected chi connectivity index (χ2v) is 5.24. The summed E-state index contributed by atoms with van der Waals surface area (Å²) in [6.45, 7) is 2.54. The van der Waals surface area contributed by atoms with Gasteiger partial charge in [-0.25, -0.2) is 4.39 Å². The van der Waals surface area contributed by atoms with Gasteiger partial charge in [-0.1, -0.05) is 18.2 Å². The minimum atomic E-state index is -0.360. The van der Waals surface area contributed by atoms with Gasteiger partial charge >= 0.3 is 0 Å². The second kappa shape index (κ2) is 5.56. The fraction of sp³-hybridized carbons (Fsp3) is 0.235. The lowest BCUT2D eigenvalue weighted by Gasteiger charge is -2.23. The summed E-state index contributed by atoms with van der Waals surface area (Å²) in [4.78, 5) is 14.4. The van der Waals surface area contributed by atoms with Gasteiger partial charge in [-0.15, -0.1) is 0 Å². The average Bonchev–Trinajstić information content (AvgIpc) is 2.92. The van der Waals surface area contributed by atoms with Gasteiger partial charge in [0.05, 0.1) is 0 Å². The van der Waals surface area contributed by atoms with Crippen molar-refractivity contribution >= 4 is 17.3 Å².